The quantitative estimate of drug-likeness (QED) is 0.783. The number of piperidine rings is 1. The van der Waals surface area contributed by atoms with Gasteiger partial charge in [0, 0.05) is 18.5 Å². The summed E-state index contributed by atoms with van der Waals surface area (Å²) in [5.41, 5.74) is 4.70. The van der Waals surface area contributed by atoms with Gasteiger partial charge in [0.25, 0.3) is 0 Å². The number of hydrogen-bond donors (Lipinski definition) is 1. The monoisotopic (exact) mass is 276 g/mol. The third-order valence-corrected chi connectivity index (χ3v) is 3.56. The number of rotatable bonds is 3. The van der Waals surface area contributed by atoms with Crippen molar-refractivity contribution in [3.63, 3.8) is 0 Å². The van der Waals surface area contributed by atoms with Crippen LogP contribution in [0.5, 0.6) is 0 Å². The van der Waals surface area contributed by atoms with Gasteiger partial charge in [-0.1, -0.05) is 15.9 Å². The minimum absolute atomic E-state index is 0.0625. The molecule has 0 aromatic carbocycles. The molecule has 1 heterocycles. The first kappa shape index (κ1) is 12.5. The summed E-state index contributed by atoms with van der Waals surface area (Å²) in [7, 11) is 0. The second-order valence-electron chi connectivity index (χ2n) is 4.56. The van der Waals surface area contributed by atoms with E-state index in [9.17, 15) is 9.59 Å². The van der Waals surface area contributed by atoms with Gasteiger partial charge in [-0.3, -0.25) is 9.59 Å². The fraction of sp³-hybridized carbons (Fsp3) is 0.800. The van der Waals surface area contributed by atoms with Crippen LogP contribution in [0.1, 0.15) is 33.1 Å². The summed E-state index contributed by atoms with van der Waals surface area (Å²) in [6.07, 6.45) is 2.03. The molecule has 1 unspecified atom stereocenters. The number of hydrogen-bond acceptors (Lipinski definition) is 2. The van der Waals surface area contributed by atoms with Crippen LogP contribution >= 0.6 is 15.9 Å². The lowest BCUT2D eigenvalue weighted by Crippen LogP contribution is -2.54. The third kappa shape index (κ3) is 2.93. The molecule has 2 N–H and O–H groups in total. The maximum absolute atomic E-state index is 11.9. The summed E-state index contributed by atoms with van der Waals surface area (Å²) >= 11 is 3.35. The van der Waals surface area contributed by atoms with Crippen LogP contribution in [0, 0.1) is 0 Å². The fourth-order valence-electron chi connectivity index (χ4n) is 1.95. The number of nitrogens with two attached hydrogens (primary N) is 1. The summed E-state index contributed by atoms with van der Waals surface area (Å²) in [6.45, 7) is 4.46. The lowest BCUT2D eigenvalue weighted by molar-refractivity contribution is -0.139. The molecule has 1 saturated heterocycles. The zero-order valence-electron chi connectivity index (χ0n) is 9.12. The van der Waals surface area contributed by atoms with Crippen molar-refractivity contribution < 1.29 is 9.59 Å². The number of halogens is 1. The highest BCUT2D eigenvalue weighted by atomic mass is 79.9. The first-order chi connectivity index (χ1) is 6.84. The Kier molecular flexibility index (Phi) is 3.76. The van der Waals surface area contributed by atoms with Crippen LogP contribution in [-0.2, 0) is 9.59 Å². The maximum atomic E-state index is 11.9. The highest BCUT2D eigenvalue weighted by Crippen LogP contribution is 2.27. The highest BCUT2D eigenvalue weighted by Gasteiger charge is 2.37. The lowest BCUT2D eigenvalue weighted by atomic mass is 9.94. The SMILES string of the molecule is CC(C)(CC(N)=O)N1CCCC(Br)C1=O. The molecule has 0 aromatic rings. The van der Waals surface area contributed by atoms with E-state index in [0.717, 1.165) is 12.8 Å². The van der Waals surface area contributed by atoms with Crippen molar-refractivity contribution in [1.82, 2.24) is 4.90 Å². The first-order valence-electron chi connectivity index (χ1n) is 5.08. The van der Waals surface area contributed by atoms with Gasteiger partial charge in [0.2, 0.25) is 11.8 Å². The first-order valence-corrected chi connectivity index (χ1v) is 6.00. The summed E-state index contributed by atoms with van der Waals surface area (Å²) in [4.78, 5) is 24.4. The van der Waals surface area contributed by atoms with Crippen molar-refractivity contribution in [2.45, 2.75) is 43.5 Å². The molecule has 4 nitrogen and oxygen atoms in total. The van der Waals surface area contributed by atoms with Crippen molar-refractivity contribution in [3.05, 3.63) is 0 Å². The summed E-state index contributed by atoms with van der Waals surface area (Å²) in [5.74, 6) is -0.308. The standard InChI is InChI=1S/C10H17BrN2O2/c1-10(2,6-8(12)14)13-5-3-4-7(11)9(13)15/h7H,3-6H2,1-2H3,(H2,12,14). The van der Waals surface area contributed by atoms with Gasteiger partial charge in [-0.2, -0.15) is 0 Å². The average Bonchev–Trinajstić information content (AvgIpc) is 2.07. The fourth-order valence-corrected chi connectivity index (χ4v) is 2.53. The lowest BCUT2D eigenvalue weighted by Gasteiger charge is -2.41. The molecular formula is C10H17BrN2O2. The molecule has 1 aliphatic rings. The van der Waals surface area contributed by atoms with Crippen LogP contribution < -0.4 is 5.73 Å². The van der Waals surface area contributed by atoms with E-state index < -0.39 is 5.54 Å². The smallest absolute Gasteiger partial charge is 0.236 e. The van der Waals surface area contributed by atoms with Crippen LogP contribution in [0.25, 0.3) is 0 Å². The third-order valence-electron chi connectivity index (χ3n) is 2.71. The number of likely N-dealkylation sites (tertiary alicyclic amines) is 1. The molecule has 1 aliphatic heterocycles. The van der Waals surface area contributed by atoms with E-state index in [4.69, 9.17) is 5.73 Å². The number of nitrogens with zero attached hydrogens (tertiary/aromatic N) is 1. The van der Waals surface area contributed by atoms with E-state index in [2.05, 4.69) is 15.9 Å². The molecule has 0 bridgehead atoms. The molecule has 0 spiro atoms. The molecule has 5 heteroatoms. The number of carbonyl (C=O) groups is 2. The average molecular weight is 277 g/mol. The van der Waals surface area contributed by atoms with Gasteiger partial charge in [0.1, 0.15) is 0 Å². The molecule has 1 fully saturated rings. The summed E-state index contributed by atoms with van der Waals surface area (Å²) in [5, 5.41) is 0. The van der Waals surface area contributed by atoms with Crippen LogP contribution in [0.4, 0.5) is 0 Å². The van der Waals surface area contributed by atoms with Gasteiger partial charge >= 0.3 is 0 Å². The zero-order chi connectivity index (χ0) is 11.6. The van der Waals surface area contributed by atoms with E-state index in [-0.39, 0.29) is 23.1 Å². The molecule has 86 valence electrons. The number of alkyl halides is 1. The van der Waals surface area contributed by atoms with Gasteiger partial charge < -0.3 is 10.6 Å². The highest BCUT2D eigenvalue weighted by molar-refractivity contribution is 9.10. The zero-order valence-corrected chi connectivity index (χ0v) is 10.7. The van der Waals surface area contributed by atoms with Crippen molar-refractivity contribution in [3.8, 4) is 0 Å². The minimum atomic E-state index is -0.477. The Morgan fingerprint density at radius 1 is 1.67 bits per heavy atom. The molecule has 1 rings (SSSR count). The second kappa shape index (κ2) is 4.51. The largest absolute Gasteiger partial charge is 0.370 e. The molecule has 0 saturated carbocycles. The topological polar surface area (TPSA) is 63.4 Å². The van der Waals surface area contributed by atoms with Crippen molar-refractivity contribution in [2.75, 3.05) is 6.54 Å². The van der Waals surface area contributed by atoms with Crippen LogP contribution in [0.15, 0.2) is 0 Å². The summed E-state index contributed by atoms with van der Waals surface area (Å²) in [6, 6.07) is 0. The molecule has 0 radical (unpaired) electrons. The number of carbonyl (C=O) groups excluding carboxylic acids is 2. The van der Waals surface area contributed by atoms with Crippen molar-refractivity contribution in [1.29, 1.82) is 0 Å². The van der Waals surface area contributed by atoms with Gasteiger partial charge in [0.05, 0.1) is 4.83 Å². The van der Waals surface area contributed by atoms with Gasteiger partial charge in [0.15, 0.2) is 0 Å². The second-order valence-corrected chi connectivity index (χ2v) is 5.66. The molecule has 0 aliphatic carbocycles. The van der Waals surface area contributed by atoms with Crippen LogP contribution in [0.2, 0.25) is 0 Å². The maximum Gasteiger partial charge on any atom is 0.236 e. The van der Waals surface area contributed by atoms with Crippen molar-refractivity contribution in [2.24, 2.45) is 5.73 Å². The van der Waals surface area contributed by atoms with Crippen LogP contribution in [-0.4, -0.2) is 33.6 Å². The van der Waals surface area contributed by atoms with E-state index in [1.54, 1.807) is 4.90 Å². The Morgan fingerprint density at radius 3 is 2.80 bits per heavy atom. The molecule has 0 aromatic heterocycles. The molecule has 1 atom stereocenters. The Morgan fingerprint density at radius 2 is 2.27 bits per heavy atom. The van der Waals surface area contributed by atoms with E-state index in [1.165, 1.54) is 0 Å². The normalized spacial score (nSPS) is 23.0. The predicted molar refractivity (Wildman–Crippen MR) is 61.6 cm³/mol. The Hall–Kier alpha value is -0.580. The van der Waals surface area contributed by atoms with Gasteiger partial charge in [-0.05, 0) is 26.7 Å². The minimum Gasteiger partial charge on any atom is -0.370 e. The molecule has 15 heavy (non-hydrogen) atoms. The Balaban J connectivity index is 2.76. The van der Waals surface area contributed by atoms with E-state index in [0.29, 0.717) is 6.54 Å². The van der Waals surface area contributed by atoms with Crippen LogP contribution in [0.3, 0.4) is 0 Å². The van der Waals surface area contributed by atoms with Crippen molar-refractivity contribution >= 4 is 27.7 Å². The van der Waals surface area contributed by atoms with Gasteiger partial charge in [-0.15, -0.1) is 0 Å². The number of amides is 2. The summed E-state index contributed by atoms with van der Waals surface area (Å²) < 4.78 is 0. The predicted octanol–water partition coefficient (Wildman–Crippen LogP) is 1.03. The Bertz CT molecular complexity index is 279. The van der Waals surface area contributed by atoms with E-state index in [1.807, 2.05) is 13.8 Å². The van der Waals surface area contributed by atoms with Gasteiger partial charge in [-0.25, -0.2) is 0 Å². The van der Waals surface area contributed by atoms with E-state index >= 15 is 0 Å². The number of primary amides is 1. The molecule has 2 amide bonds. The molecular weight excluding hydrogens is 260 g/mol. The Labute approximate surface area is 98.3 Å².